The molecule has 3 rings (SSSR count). The van der Waals surface area contributed by atoms with Crippen LogP contribution in [-0.2, 0) is 18.0 Å². The van der Waals surface area contributed by atoms with Gasteiger partial charge < -0.3 is 14.7 Å². The number of nitrogens with zero attached hydrogens (tertiary/aromatic N) is 2. The van der Waals surface area contributed by atoms with Gasteiger partial charge in [0, 0.05) is 19.7 Å². The lowest BCUT2D eigenvalue weighted by Gasteiger charge is -2.37. The Bertz CT molecular complexity index is 435. The number of thiazole rings is 1. The number of anilines is 1. The van der Waals surface area contributed by atoms with Gasteiger partial charge in [-0.2, -0.15) is 0 Å². The maximum atomic E-state index is 9.44. The third-order valence-electron chi connectivity index (χ3n) is 4.43. The minimum Gasteiger partial charge on any atom is -0.391 e. The van der Waals surface area contributed by atoms with Crippen molar-refractivity contribution in [2.45, 2.75) is 51.4 Å². The van der Waals surface area contributed by atoms with Crippen LogP contribution < -0.4 is 4.90 Å². The van der Waals surface area contributed by atoms with Gasteiger partial charge in [-0.1, -0.05) is 17.8 Å². The van der Waals surface area contributed by atoms with Crippen molar-refractivity contribution in [3.8, 4) is 0 Å². The summed E-state index contributed by atoms with van der Waals surface area (Å²) in [6.45, 7) is 1.68. The largest absolute Gasteiger partial charge is 0.391 e. The average Bonchev–Trinajstić information content (AvgIpc) is 3.04. The highest BCUT2D eigenvalue weighted by Crippen LogP contribution is 2.40. The van der Waals surface area contributed by atoms with Crippen LogP contribution in [0.1, 0.15) is 42.7 Å². The van der Waals surface area contributed by atoms with Crippen molar-refractivity contribution in [1.29, 1.82) is 0 Å². The first-order valence-corrected chi connectivity index (χ1v) is 8.00. The summed E-state index contributed by atoms with van der Waals surface area (Å²) in [5.74, 6) is 0.862. The molecule has 1 saturated heterocycles. The monoisotopic (exact) mass is 282 g/mol. The highest BCUT2D eigenvalue weighted by atomic mass is 32.1. The number of hydrogen-bond acceptors (Lipinski definition) is 5. The van der Waals surface area contributed by atoms with E-state index in [2.05, 4.69) is 4.90 Å². The second-order valence-electron chi connectivity index (χ2n) is 5.55. The van der Waals surface area contributed by atoms with E-state index in [9.17, 15) is 5.11 Å². The molecule has 2 aliphatic rings. The Labute approximate surface area is 118 Å². The van der Waals surface area contributed by atoms with E-state index in [-0.39, 0.29) is 6.61 Å². The van der Waals surface area contributed by atoms with Gasteiger partial charge in [0.05, 0.1) is 23.8 Å². The highest BCUT2D eigenvalue weighted by molar-refractivity contribution is 7.15. The van der Waals surface area contributed by atoms with Gasteiger partial charge in [0.15, 0.2) is 5.13 Å². The fourth-order valence-electron chi connectivity index (χ4n) is 3.56. The molecule has 1 N–H and O–H groups in total. The molecule has 2 heterocycles. The predicted molar refractivity (Wildman–Crippen MR) is 76.5 cm³/mol. The zero-order valence-corrected chi connectivity index (χ0v) is 12.3. The van der Waals surface area contributed by atoms with Crippen LogP contribution in [0.5, 0.6) is 0 Å². The van der Waals surface area contributed by atoms with E-state index < -0.39 is 0 Å². The molecule has 19 heavy (non-hydrogen) atoms. The van der Waals surface area contributed by atoms with E-state index in [1.54, 1.807) is 18.4 Å². The van der Waals surface area contributed by atoms with Gasteiger partial charge in [0.2, 0.25) is 0 Å². The maximum absolute atomic E-state index is 9.44. The lowest BCUT2D eigenvalue weighted by molar-refractivity contribution is 0.179. The van der Waals surface area contributed by atoms with Crippen molar-refractivity contribution in [2.75, 3.05) is 18.6 Å². The second kappa shape index (κ2) is 5.77. The van der Waals surface area contributed by atoms with Crippen molar-refractivity contribution in [3.05, 3.63) is 10.6 Å². The summed E-state index contributed by atoms with van der Waals surface area (Å²) in [7, 11) is 1.67. The van der Waals surface area contributed by atoms with Crippen molar-refractivity contribution < 1.29 is 9.84 Å². The van der Waals surface area contributed by atoms with Crippen molar-refractivity contribution in [3.63, 3.8) is 0 Å². The molecule has 0 spiro atoms. The van der Waals surface area contributed by atoms with Crippen molar-refractivity contribution in [2.24, 2.45) is 5.92 Å². The number of fused-ring (bicyclic) bond motifs is 1. The predicted octanol–water partition coefficient (Wildman–Crippen LogP) is 2.55. The Balaban J connectivity index is 1.84. The molecule has 1 aliphatic carbocycles. The number of rotatable bonds is 4. The van der Waals surface area contributed by atoms with E-state index in [1.165, 1.54) is 32.1 Å². The van der Waals surface area contributed by atoms with Crippen LogP contribution in [0.4, 0.5) is 5.13 Å². The summed E-state index contributed by atoms with van der Waals surface area (Å²) in [6, 6.07) is 0.682. The molecule has 1 aliphatic heterocycles. The Morgan fingerprint density at radius 2 is 2.21 bits per heavy atom. The summed E-state index contributed by atoms with van der Waals surface area (Å²) >= 11 is 1.64. The lowest BCUT2D eigenvalue weighted by atomic mass is 9.92. The molecule has 0 aromatic carbocycles. The van der Waals surface area contributed by atoms with E-state index >= 15 is 0 Å². The molecule has 2 unspecified atom stereocenters. The van der Waals surface area contributed by atoms with Crippen LogP contribution in [0.15, 0.2) is 0 Å². The van der Waals surface area contributed by atoms with Crippen molar-refractivity contribution >= 4 is 16.5 Å². The van der Waals surface area contributed by atoms with Crippen LogP contribution in [0, 0.1) is 5.92 Å². The van der Waals surface area contributed by atoms with Gasteiger partial charge in [-0.3, -0.25) is 0 Å². The minimum atomic E-state index is 0.0678. The van der Waals surface area contributed by atoms with E-state index in [0.29, 0.717) is 12.6 Å². The quantitative estimate of drug-likeness (QED) is 0.922. The average molecular weight is 282 g/mol. The molecule has 2 atom stereocenters. The van der Waals surface area contributed by atoms with Gasteiger partial charge in [0.1, 0.15) is 0 Å². The van der Waals surface area contributed by atoms with Crippen molar-refractivity contribution in [1.82, 2.24) is 4.98 Å². The molecule has 5 heteroatoms. The minimum absolute atomic E-state index is 0.0678. The summed E-state index contributed by atoms with van der Waals surface area (Å²) in [5.41, 5.74) is 0.908. The molecular formula is C14H22N2O2S. The topological polar surface area (TPSA) is 45.6 Å². The molecular weight excluding hydrogens is 260 g/mol. The number of aromatic nitrogens is 1. The number of piperidine rings is 1. The number of ether oxygens (including phenoxy) is 1. The molecule has 0 amide bonds. The smallest absolute Gasteiger partial charge is 0.186 e. The number of hydrogen-bond donors (Lipinski definition) is 1. The third-order valence-corrected chi connectivity index (χ3v) is 5.55. The van der Waals surface area contributed by atoms with Crippen LogP contribution in [0.25, 0.3) is 0 Å². The van der Waals surface area contributed by atoms with Gasteiger partial charge in [-0.25, -0.2) is 4.98 Å². The Hall–Kier alpha value is -0.650. The maximum Gasteiger partial charge on any atom is 0.186 e. The highest BCUT2D eigenvalue weighted by Gasteiger charge is 2.36. The molecule has 0 radical (unpaired) electrons. The summed E-state index contributed by atoms with van der Waals surface area (Å²) in [6.07, 6.45) is 6.69. The lowest BCUT2D eigenvalue weighted by Crippen LogP contribution is -2.42. The fraction of sp³-hybridized carbons (Fsp3) is 0.786. The van der Waals surface area contributed by atoms with E-state index in [0.717, 1.165) is 28.2 Å². The van der Waals surface area contributed by atoms with Crippen LogP contribution in [0.3, 0.4) is 0 Å². The van der Waals surface area contributed by atoms with Gasteiger partial charge in [-0.15, -0.1) is 0 Å². The Morgan fingerprint density at radius 1 is 1.37 bits per heavy atom. The molecule has 0 bridgehead atoms. The standard InChI is InChI=1S/C14H22N2O2S/c1-18-9-11-13(8-17)19-14(15-11)16-7-3-5-10-4-2-6-12(10)16/h10,12,17H,2-9H2,1H3. The Kier molecular flexibility index (Phi) is 4.05. The summed E-state index contributed by atoms with van der Waals surface area (Å²) < 4.78 is 5.17. The summed E-state index contributed by atoms with van der Waals surface area (Å²) in [5, 5.41) is 10.5. The molecule has 2 fully saturated rings. The second-order valence-corrected chi connectivity index (χ2v) is 6.61. The number of methoxy groups -OCH3 is 1. The Morgan fingerprint density at radius 3 is 3.00 bits per heavy atom. The van der Waals surface area contributed by atoms with Crippen LogP contribution in [-0.4, -0.2) is 29.8 Å². The molecule has 4 nitrogen and oxygen atoms in total. The molecule has 1 aromatic heterocycles. The number of aliphatic hydroxyl groups is 1. The van der Waals surface area contributed by atoms with Crippen LogP contribution >= 0.6 is 11.3 Å². The first-order chi connectivity index (χ1) is 9.33. The fourth-order valence-corrected chi connectivity index (χ4v) is 4.56. The van der Waals surface area contributed by atoms with E-state index in [4.69, 9.17) is 9.72 Å². The van der Waals surface area contributed by atoms with E-state index in [1.807, 2.05) is 0 Å². The van der Waals surface area contributed by atoms with Gasteiger partial charge >= 0.3 is 0 Å². The van der Waals surface area contributed by atoms with Gasteiger partial charge in [-0.05, 0) is 31.6 Å². The number of aliphatic hydroxyl groups excluding tert-OH is 1. The third kappa shape index (κ3) is 2.51. The molecule has 1 saturated carbocycles. The zero-order valence-electron chi connectivity index (χ0n) is 11.5. The first-order valence-electron chi connectivity index (χ1n) is 7.18. The van der Waals surface area contributed by atoms with Gasteiger partial charge in [0.25, 0.3) is 0 Å². The molecule has 106 valence electrons. The zero-order chi connectivity index (χ0) is 13.2. The molecule has 1 aromatic rings. The van der Waals surface area contributed by atoms with Crippen LogP contribution in [0.2, 0.25) is 0 Å². The first kappa shape index (κ1) is 13.3. The summed E-state index contributed by atoms with van der Waals surface area (Å²) in [4.78, 5) is 8.16. The SMILES string of the molecule is COCc1nc(N2CCCC3CCCC32)sc1CO. The normalized spacial score (nSPS) is 26.7.